The Hall–Kier alpha value is -1.23. The fourth-order valence-electron chi connectivity index (χ4n) is 1.23. The molecule has 0 saturated heterocycles. The average Bonchev–Trinajstić information content (AvgIpc) is 2.19. The van der Waals surface area contributed by atoms with Crippen LogP contribution < -0.4 is 10.6 Å². The van der Waals surface area contributed by atoms with E-state index in [2.05, 4.69) is 34.4 Å². The van der Waals surface area contributed by atoms with E-state index in [1.165, 1.54) is 0 Å². The molecule has 1 atom stereocenters. The quantitative estimate of drug-likeness (QED) is 0.766. The van der Waals surface area contributed by atoms with Gasteiger partial charge in [0.05, 0.1) is 0 Å². The van der Waals surface area contributed by atoms with Crippen molar-refractivity contribution in [2.45, 2.75) is 32.7 Å². The summed E-state index contributed by atoms with van der Waals surface area (Å²) < 4.78 is 0. The van der Waals surface area contributed by atoms with E-state index in [9.17, 15) is 0 Å². The molecule has 0 aliphatic carbocycles. The first kappa shape index (κ1) is 11.8. The second kappa shape index (κ2) is 6.29. The minimum Gasteiger partial charge on any atom is -0.360 e. The van der Waals surface area contributed by atoms with Crippen LogP contribution in [0.15, 0.2) is 18.5 Å². The van der Waals surface area contributed by atoms with Crippen LogP contribution >= 0.6 is 12.2 Å². The van der Waals surface area contributed by atoms with E-state index in [-0.39, 0.29) is 0 Å². The van der Waals surface area contributed by atoms with Crippen LogP contribution in [0.1, 0.15) is 26.7 Å². The van der Waals surface area contributed by atoms with Crippen molar-refractivity contribution in [3.8, 4) is 0 Å². The molecule has 0 aliphatic heterocycles. The van der Waals surface area contributed by atoms with Gasteiger partial charge in [0.1, 0.15) is 0 Å². The van der Waals surface area contributed by atoms with Gasteiger partial charge in [0.15, 0.2) is 5.11 Å². The van der Waals surface area contributed by atoms with Crippen molar-refractivity contribution in [3.63, 3.8) is 0 Å². The van der Waals surface area contributed by atoms with Crippen LogP contribution in [0.3, 0.4) is 0 Å². The molecule has 0 radical (unpaired) electrons. The topological polar surface area (TPSA) is 49.8 Å². The molecule has 0 spiro atoms. The molecule has 0 aromatic carbocycles. The van der Waals surface area contributed by atoms with Crippen LogP contribution in [0.4, 0.5) is 5.95 Å². The molecule has 2 N–H and O–H groups in total. The predicted octanol–water partition coefficient (Wildman–Crippen LogP) is 1.95. The molecule has 1 aromatic heterocycles. The molecule has 0 aliphatic rings. The van der Waals surface area contributed by atoms with Gasteiger partial charge in [-0.2, -0.15) is 0 Å². The van der Waals surface area contributed by atoms with E-state index in [1.807, 2.05) is 0 Å². The van der Waals surface area contributed by atoms with E-state index in [0.717, 1.165) is 12.8 Å². The van der Waals surface area contributed by atoms with Gasteiger partial charge in [0, 0.05) is 18.4 Å². The summed E-state index contributed by atoms with van der Waals surface area (Å²) in [4.78, 5) is 8.04. The van der Waals surface area contributed by atoms with Gasteiger partial charge in [-0.3, -0.25) is 0 Å². The maximum Gasteiger partial charge on any atom is 0.228 e. The van der Waals surface area contributed by atoms with E-state index in [0.29, 0.717) is 17.1 Å². The van der Waals surface area contributed by atoms with Gasteiger partial charge in [0.2, 0.25) is 5.95 Å². The van der Waals surface area contributed by atoms with Crippen LogP contribution in [-0.2, 0) is 0 Å². The molecular weight excluding hydrogens is 208 g/mol. The number of aromatic nitrogens is 2. The molecule has 82 valence electrons. The van der Waals surface area contributed by atoms with Crippen LogP contribution in [0.5, 0.6) is 0 Å². The fourth-order valence-corrected chi connectivity index (χ4v) is 1.52. The molecule has 0 bridgehead atoms. The smallest absolute Gasteiger partial charge is 0.228 e. The number of rotatable bonds is 4. The Labute approximate surface area is 95.5 Å². The van der Waals surface area contributed by atoms with Crippen molar-refractivity contribution < 1.29 is 0 Å². The molecule has 15 heavy (non-hydrogen) atoms. The molecule has 1 unspecified atom stereocenters. The van der Waals surface area contributed by atoms with E-state index in [4.69, 9.17) is 12.2 Å². The Morgan fingerprint density at radius 1 is 1.47 bits per heavy atom. The first-order chi connectivity index (χ1) is 7.22. The summed E-state index contributed by atoms with van der Waals surface area (Å²) in [7, 11) is 0. The SMILES string of the molecule is CCCC(C)NC(=S)Nc1ncccn1. The largest absolute Gasteiger partial charge is 0.360 e. The Balaban J connectivity index is 2.36. The number of hydrogen-bond acceptors (Lipinski definition) is 3. The van der Waals surface area contributed by atoms with Crippen LogP contribution in [0.25, 0.3) is 0 Å². The minimum absolute atomic E-state index is 0.374. The zero-order valence-electron chi connectivity index (χ0n) is 9.03. The maximum atomic E-state index is 5.12. The van der Waals surface area contributed by atoms with Gasteiger partial charge in [-0.1, -0.05) is 13.3 Å². The van der Waals surface area contributed by atoms with Crippen molar-refractivity contribution in [2.75, 3.05) is 5.32 Å². The van der Waals surface area contributed by atoms with E-state index >= 15 is 0 Å². The number of nitrogens with zero attached hydrogens (tertiary/aromatic N) is 2. The highest BCUT2D eigenvalue weighted by Crippen LogP contribution is 1.97. The van der Waals surface area contributed by atoms with E-state index in [1.54, 1.807) is 18.5 Å². The molecule has 0 fully saturated rings. The molecular formula is C10H16N4S. The van der Waals surface area contributed by atoms with E-state index < -0.39 is 0 Å². The molecule has 1 aromatic rings. The van der Waals surface area contributed by atoms with Crippen molar-refractivity contribution >= 4 is 23.3 Å². The highest BCUT2D eigenvalue weighted by Gasteiger charge is 2.03. The predicted molar refractivity (Wildman–Crippen MR) is 65.8 cm³/mol. The number of nitrogens with one attached hydrogen (secondary N) is 2. The summed E-state index contributed by atoms with van der Waals surface area (Å²) in [5.74, 6) is 0.527. The lowest BCUT2D eigenvalue weighted by atomic mass is 10.2. The minimum atomic E-state index is 0.374. The summed E-state index contributed by atoms with van der Waals surface area (Å²) in [5.41, 5.74) is 0. The van der Waals surface area contributed by atoms with Crippen molar-refractivity contribution in [2.24, 2.45) is 0 Å². The van der Waals surface area contributed by atoms with Gasteiger partial charge in [-0.25, -0.2) is 9.97 Å². The van der Waals surface area contributed by atoms with Gasteiger partial charge in [0.25, 0.3) is 0 Å². The van der Waals surface area contributed by atoms with Crippen molar-refractivity contribution in [3.05, 3.63) is 18.5 Å². The maximum absolute atomic E-state index is 5.12. The molecule has 4 nitrogen and oxygen atoms in total. The fraction of sp³-hybridized carbons (Fsp3) is 0.500. The second-order valence-electron chi connectivity index (χ2n) is 3.36. The lowest BCUT2D eigenvalue weighted by molar-refractivity contribution is 0.599. The summed E-state index contributed by atoms with van der Waals surface area (Å²) in [6.07, 6.45) is 5.58. The van der Waals surface area contributed by atoms with Gasteiger partial charge in [-0.05, 0) is 31.6 Å². The molecule has 0 amide bonds. The number of anilines is 1. The van der Waals surface area contributed by atoms with Gasteiger partial charge >= 0.3 is 0 Å². The second-order valence-corrected chi connectivity index (χ2v) is 3.77. The first-order valence-corrected chi connectivity index (χ1v) is 5.47. The van der Waals surface area contributed by atoms with Crippen LogP contribution in [-0.4, -0.2) is 21.1 Å². The molecule has 1 rings (SSSR count). The Kier molecular flexibility index (Phi) is 4.97. The third-order valence-corrected chi connectivity index (χ3v) is 2.11. The van der Waals surface area contributed by atoms with Gasteiger partial charge in [-0.15, -0.1) is 0 Å². The third kappa shape index (κ3) is 4.69. The molecule has 1 heterocycles. The first-order valence-electron chi connectivity index (χ1n) is 5.07. The van der Waals surface area contributed by atoms with Gasteiger partial charge < -0.3 is 10.6 Å². The monoisotopic (exact) mass is 224 g/mol. The van der Waals surface area contributed by atoms with Crippen LogP contribution in [0, 0.1) is 0 Å². The zero-order valence-corrected chi connectivity index (χ0v) is 9.84. The van der Waals surface area contributed by atoms with Crippen molar-refractivity contribution in [1.82, 2.24) is 15.3 Å². The average molecular weight is 224 g/mol. The Bertz CT molecular complexity index is 302. The Morgan fingerprint density at radius 3 is 2.73 bits per heavy atom. The Morgan fingerprint density at radius 2 is 2.13 bits per heavy atom. The summed E-state index contributed by atoms with van der Waals surface area (Å²) in [5, 5.41) is 6.67. The summed E-state index contributed by atoms with van der Waals surface area (Å²) in [6.45, 7) is 4.25. The standard InChI is InChI=1S/C10H16N4S/c1-3-5-8(2)13-10(15)14-9-11-6-4-7-12-9/h4,6-8H,3,5H2,1-2H3,(H2,11,12,13,14,15). The van der Waals surface area contributed by atoms with Crippen LogP contribution in [0.2, 0.25) is 0 Å². The highest BCUT2D eigenvalue weighted by molar-refractivity contribution is 7.80. The highest BCUT2D eigenvalue weighted by atomic mass is 32.1. The number of hydrogen-bond donors (Lipinski definition) is 2. The zero-order chi connectivity index (χ0) is 11.1. The third-order valence-electron chi connectivity index (χ3n) is 1.89. The summed E-state index contributed by atoms with van der Waals surface area (Å²) in [6, 6.07) is 2.14. The molecule has 0 saturated carbocycles. The summed E-state index contributed by atoms with van der Waals surface area (Å²) >= 11 is 5.12. The number of thiocarbonyl (C=S) groups is 1. The normalized spacial score (nSPS) is 11.9. The lowest BCUT2D eigenvalue weighted by Crippen LogP contribution is -2.36. The molecule has 5 heteroatoms. The van der Waals surface area contributed by atoms with Crippen molar-refractivity contribution in [1.29, 1.82) is 0 Å². The lowest BCUT2D eigenvalue weighted by Gasteiger charge is -2.15.